The summed E-state index contributed by atoms with van der Waals surface area (Å²) < 4.78 is 0. The molecule has 0 spiro atoms. The first-order valence-corrected chi connectivity index (χ1v) is 5.74. The molecule has 0 atom stereocenters. The predicted molar refractivity (Wildman–Crippen MR) is 62.8 cm³/mol. The summed E-state index contributed by atoms with van der Waals surface area (Å²) in [5.74, 6) is -0.135. The number of nitrogens with one attached hydrogen (secondary N) is 1. The fraction of sp³-hybridized carbons (Fsp3) is 0.667. The van der Waals surface area contributed by atoms with Crippen LogP contribution < -0.4 is 5.32 Å². The monoisotopic (exact) mass is 224 g/mol. The first kappa shape index (κ1) is 12.9. The van der Waals surface area contributed by atoms with E-state index in [-0.39, 0.29) is 11.8 Å². The molecule has 0 saturated carbocycles. The van der Waals surface area contributed by atoms with Gasteiger partial charge in [-0.25, -0.2) is 0 Å². The molecule has 4 heteroatoms. The summed E-state index contributed by atoms with van der Waals surface area (Å²) in [6.45, 7) is 8.98. The lowest BCUT2D eigenvalue weighted by Gasteiger charge is -2.25. The van der Waals surface area contributed by atoms with Crippen LogP contribution in [0, 0.1) is 0 Å². The first-order valence-electron chi connectivity index (χ1n) is 5.74. The Morgan fingerprint density at radius 2 is 1.94 bits per heavy atom. The van der Waals surface area contributed by atoms with E-state index in [9.17, 15) is 9.59 Å². The zero-order valence-electron chi connectivity index (χ0n) is 10.1. The van der Waals surface area contributed by atoms with Crippen molar-refractivity contribution in [2.45, 2.75) is 39.2 Å². The van der Waals surface area contributed by atoms with E-state index >= 15 is 0 Å². The lowest BCUT2D eigenvalue weighted by atomic mass is 10.1. The average molecular weight is 224 g/mol. The molecule has 0 unspecified atom stereocenters. The van der Waals surface area contributed by atoms with Gasteiger partial charge in [-0.1, -0.05) is 20.4 Å². The zero-order valence-corrected chi connectivity index (χ0v) is 10.1. The molecule has 1 N–H and O–H groups in total. The van der Waals surface area contributed by atoms with Crippen LogP contribution in [0.15, 0.2) is 12.2 Å². The first-order chi connectivity index (χ1) is 7.50. The molecule has 1 heterocycles. The van der Waals surface area contributed by atoms with E-state index in [4.69, 9.17) is 0 Å². The number of hydrogen-bond donors (Lipinski definition) is 1. The van der Waals surface area contributed by atoms with Crippen LogP contribution in [0.1, 0.15) is 33.1 Å². The van der Waals surface area contributed by atoms with Crippen molar-refractivity contribution in [1.29, 1.82) is 0 Å². The lowest BCUT2D eigenvalue weighted by Crippen LogP contribution is -2.42. The number of rotatable bonds is 5. The minimum atomic E-state index is -0.0676. The van der Waals surface area contributed by atoms with Gasteiger partial charge in [-0.05, 0) is 12.0 Å². The maximum Gasteiger partial charge on any atom is 0.229 e. The fourth-order valence-electron chi connectivity index (χ4n) is 1.60. The van der Waals surface area contributed by atoms with Crippen LogP contribution in [0.5, 0.6) is 0 Å². The van der Waals surface area contributed by atoms with Crippen molar-refractivity contribution in [2.75, 3.05) is 13.1 Å². The average Bonchev–Trinajstić information content (AvgIpc) is 2.21. The summed E-state index contributed by atoms with van der Waals surface area (Å²) in [5, 5.41) is 3.22. The normalized spacial score (nSPS) is 17.1. The third-order valence-electron chi connectivity index (χ3n) is 2.53. The molecule has 0 aromatic carbocycles. The van der Waals surface area contributed by atoms with E-state index in [1.54, 1.807) is 0 Å². The maximum absolute atomic E-state index is 11.5. The Hall–Kier alpha value is -1.16. The quantitative estimate of drug-likeness (QED) is 0.561. The Morgan fingerprint density at radius 3 is 2.44 bits per heavy atom. The highest BCUT2D eigenvalue weighted by Crippen LogP contribution is 2.13. The molecular weight excluding hydrogens is 204 g/mol. The van der Waals surface area contributed by atoms with Gasteiger partial charge in [0, 0.05) is 25.4 Å². The van der Waals surface area contributed by atoms with Crippen LogP contribution in [-0.2, 0) is 9.59 Å². The van der Waals surface area contributed by atoms with Gasteiger partial charge in [-0.15, -0.1) is 0 Å². The van der Waals surface area contributed by atoms with Crippen LogP contribution in [0.25, 0.3) is 0 Å². The molecule has 1 saturated heterocycles. The second kappa shape index (κ2) is 5.80. The number of carbonyl (C=O) groups is 2. The summed E-state index contributed by atoms with van der Waals surface area (Å²) in [5.41, 5.74) is 0.873. The van der Waals surface area contributed by atoms with Crippen LogP contribution >= 0.6 is 0 Å². The molecule has 0 aromatic heterocycles. The standard InChI is InChI=1S/C12H20N2O2/c1-9(2)13-7-10(3)8-14-11(15)5-4-6-12(14)16/h9,13H,3-8H2,1-2H3. The van der Waals surface area contributed by atoms with Crippen molar-refractivity contribution in [2.24, 2.45) is 0 Å². The van der Waals surface area contributed by atoms with Crippen molar-refractivity contribution >= 4 is 11.8 Å². The smallest absolute Gasteiger partial charge is 0.229 e. The summed E-state index contributed by atoms with van der Waals surface area (Å²) in [6.07, 6.45) is 1.65. The second-order valence-corrected chi connectivity index (χ2v) is 4.51. The van der Waals surface area contributed by atoms with Gasteiger partial charge in [-0.2, -0.15) is 0 Å². The number of amides is 2. The highest BCUT2D eigenvalue weighted by Gasteiger charge is 2.25. The number of piperidine rings is 1. The largest absolute Gasteiger partial charge is 0.311 e. The van der Waals surface area contributed by atoms with Crippen molar-refractivity contribution in [3.8, 4) is 0 Å². The second-order valence-electron chi connectivity index (χ2n) is 4.51. The van der Waals surface area contributed by atoms with Crippen molar-refractivity contribution in [3.63, 3.8) is 0 Å². The molecule has 90 valence electrons. The highest BCUT2D eigenvalue weighted by atomic mass is 16.2. The SMILES string of the molecule is C=C(CNC(C)C)CN1C(=O)CCCC1=O. The number of nitrogens with zero attached hydrogens (tertiary/aromatic N) is 1. The molecule has 1 rings (SSSR count). The zero-order chi connectivity index (χ0) is 12.1. The Labute approximate surface area is 96.7 Å². The number of carbonyl (C=O) groups excluding carboxylic acids is 2. The maximum atomic E-state index is 11.5. The van der Waals surface area contributed by atoms with E-state index in [0.717, 1.165) is 5.57 Å². The third kappa shape index (κ3) is 3.77. The van der Waals surface area contributed by atoms with Gasteiger partial charge in [0.2, 0.25) is 11.8 Å². The third-order valence-corrected chi connectivity index (χ3v) is 2.53. The lowest BCUT2D eigenvalue weighted by molar-refractivity contribution is -0.147. The van der Waals surface area contributed by atoms with E-state index in [0.29, 0.717) is 38.4 Å². The molecule has 0 aromatic rings. The Bertz CT molecular complexity index is 281. The van der Waals surface area contributed by atoms with Gasteiger partial charge in [0.05, 0.1) is 6.54 Å². The molecule has 0 aliphatic carbocycles. The van der Waals surface area contributed by atoms with Crippen LogP contribution in [0.4, 0.5) is 0 Å². The molecule has 1 aliphatic rings. The minimum absolute atomic E-state index is 0.0676. The molecule has 1 fully saturated rings. The Balaban J connectivity index is 2.42. The van der Waals surface area contributed by atoms with Gasteiger partial charge in [0.1, 0.15) is 0 Å². The topological polar surface area (TPSA) is 49.4 Å². The van der Waals surface area contributed by atoms with E-state index < -0.39 is 0 Å². The van der Waals surface area contributed by atoms with E-state index in [1.165, 1.54) is 4.90 Å². The van der Waals surface area contributed by atoms with E-state index in [2.05, 4.69) is 11.9 Å². The summed E-state index contributed by atoms with van der Waals surface area (Å²) in [7, 11) is 0. The Kier molecular flexibility index (Phi) is 4.68. The molecular formula is C12H20N2O2. The van der Waals surface area contributed by atoms with Gasteiger partial charge >= 0.3 is 0 Å². The molecule has 2 amide bonds. The molecule has 16 heavy (non-hydrogen) atoms. The van der Waals surface area contributed by atoms with Gasteiger partial charge < -0.3 is 5.32 Å². The van der Waals surface area contributed by atoms with E-state index in [1.807, 2.05) is 13.8 Å². The van der Waals surface area contributed by atoms with Crippen molar-refractivity contribution in [3.05, 3.63) is 12.2 Å². The van der Waals surface area contributed by atoms with Crippen LogP contribution in [0.3, 0.4) is 0 Å². The van der Waals surface area contributed by atoms with Gasteiger partial charge in [0.15, 0.2) is 0 Å². The summed E-state index contributed by atoms with van der Waals surface area (Å²) in [4.78, 5) is 24.4. The predicted octanol–water partition coefficient (Wildman–Crippen LogP) is 1.08. The number of imide groups is 1. The highest BCUT2D eigenvalue weighted by molar-refractivity contribution is 5.97. The van der Waals surface area contributed by atoms with Crippen LogP contribution in [0.2, 0.25) is 0 Å². The molecule has 4 nitrogen and oxygen atoms in total. The summed E-state index contributed by atoms with van der Waals surface area (Å²) >= 11 is 0. The number of likely N-dealkylation sites (tertiary alicyclic amines) is 1. The Morgan fingerprint density at radius 1 is 1.38 bits per heavy atom. The molecule has 0 bridgehead atoms. The van der Waals surface area contributed by atoms with Gasteiger partial charge in [0.25, 0.3) is 0 Å². The minimum Gasteiger partial charge on any atom is -0.311 e. The molecule has 1 aliphatic heterocycles. The number of hydrogen-bond acceptors (Lipinski definition) is 3. The fourth-order valence-corrected chi connectivity index (χ4v) is 1.60. The molecule has 0 radical (unpaired) electrons. The van der Waals surface area contributed by atoms with Crippen molar-refractivity contribution < 1.29 is 9.59 Å². The van der Waals surface area contributed by atoms with Crippen LogP contribution in [-0.4, -0.2) is 35.8 Å². The van der Waals surface area contributed by atoms with Crippen molar-refractivity contribution in [1.82, 2.24) is 10.2 Å². The van der Waals surface area contributed by atoms with Gasteiger partial charge in [-0.3, -0.25) is 14.5 Å². The summed E-state index contributed by atoms with van der Waals surface area (Å²) in [6, 6.07) is 0.379.